The van der Waals surface area contributed by atoms with Crippen molar-refractivity contribution >= 4 is 5.96 Å². The van der Waals surface area contributed by atoms with Crippen molar-refractivity contribution < 1.29 is 0 Å². The molecule has 0 aromatic heterocycles. The zero-order valence-corrected chi connectivity index (χ0v) is 11.2. The second kappa shape index (κ2) is 4.30. The van der Waals surface area contributed by atoms with Crippen LogP contribution < -0.4 is 5.32 Å². The molecule has 18 heavy (non-hydrogen) atoms. The van der Waals surface area contributed by atoms with Gasteiger partial charge >= 0.3 is 0 Å². The number of nitrogens with zero attached hydrogens (tertiary/aromatic N) is 2. The normalized spacial score (nSPS) is 20.8. The predicted molar refractivity (Wildman–Crippen MR) is 74.9 cm³/mol. The van der Waals surface area contributed by atoms with E-state index in [9.17, 15) is 0 Å². The van der Waals surface area contributed by atoms with Gasteiger partial charge in [0.1, 0.15) is 0 Å². The van der Waals surface area contributed by atoms with Gasteiger partial charge in [0, 0.05) is 20.1 Å². The van der Waals surface area contributed by atoms with Gasteiger partial charge in [0.2, 0.25) is 0 Å². The number of benzene rings is 1. The summed E-state index contributed by atoms with van der Waals surface area (Å²) in [6.07, 6.45) is 2.35. The van der Waals surface area contributed by atoms with E-state index in [1.165, 1.54) is 24.0 Å². The lowest BCUT2D eigenvalue weighted by atomic mass is 9.87. The average Bonchev–Trinajstić information content (AvgIpc) is 2.89. The van der Waals surface area contributed by atoms with Crippen LogP contribution in [-0.2, 0) is 12.8 Å². The van der Waals surface area contributed by atoms with Crippen molar-refractivity contribution in [2.75, 3.05) is 26.7 Å². The van der Waals surface area contributed by atoms with Crippen LogP contribution in [0.25, 0.3) is 0 Å². The fourth-order valence-electron chi connectivity index (χ4n) is 3.03. The molecule has 0 atom stereocenters. The van der Waals surface area contributed by atoms with E-state index >= 15 is 0 Å². The maximum absolute atomic E-state index is 4.49. The Morgan fingerprint density at radius 1 is 1.28 bits per heavy atom. The predicted octanol–water partition coefficient (Wildman–Crippen LogP) is 1.68. The number of likely N-dealkylation sites (N-methyl/N-ethyl adjacent to an activating group) is 1. The second-order valence-corrected chi connectivity index (χ2v) is 5.91. The molecule has 3 rings (SSSR count). The van der Waals surface area contributed by atoms with Gasteiger partial charge in [0.25, 0.3) is 0 Å². The van der Waals surface area contributed by atoms with E-state index in [0.717, 1.165) is 25.6 Å². The summed E-state index contributed by atoms with van der Waals surface area (Å²) in [4.78, 5) is 6.69. The minimum absolute atomic E-state index is 0.329. The van der Waals surface area contributed by atoms with Crippen LogP contribution in [0.3, 0.4) is 0 Å². The molecule has 1 aromatic carbocycles. The van der Waals surface area contributed by atoms with Crippen molar-refractivity contribution in [2.24, 2.45) is 10.4 Å². The lowest BCUT2D eigenvalue weighted by Gasteiger charge is -2.26. The number of rotatable bonds is 2. The molecule has 0 saturated carbocycles. The van der Waals surface area contributed by atoms with Crippen LogP contribution in [0.2, 0.25) is 0 Å². The topological polar surface area (TPSA) is 27.6 Å². The molecule has 1 aliphatic carbocycles. The molecule has 0 fully saturated rings. The quantitative estimate of drug-likeness (QED) is 0.856. The van der Waals surface area contributed by atoms with E-state index in [1.807, 2.05) is 0 Å². The summed E-state index contributed by atoms with van der Waals surface area (Å²) in [6, 6.07) is 8.82. The van der Waals surface area contributed by atoms with E-state index in [2.05, 4.69) is 53.4 Å². The molecule has 0 unspecified atom stereocenters. The summed E-state index contributed by atoms with van der Waals surface area (Å²) in [5.41, 5.74) is 3.36. The van der Waals surface area contributed by atoms with Gasteiger partial charge in [0.05, 0.1) is 6.54 Å². The standard InChI is InChI=1S/C15H21N3/c1-15(11-17-14-16-7-8-18(14)2)9-12-5-3-4-6-13(12)10-15/h3-6H,7-11H2,1-2H3,(H,16,17). The molecule has 1 aromatic rings. The van der Waals surface area contributed by atoms with Gasteiger partial charge in [-0.3, -0.25) is 4.99 Å². The van der Waals surface area contributed by atoms with Crippen LogP contribution >= 0.6 is 0 Å². The molecule has 0 amide bonds. The number of fused-ring (bicyclic) bond motifs is 1. The molecule has 2 aliphatic rings. The molecule has 3 heteroatoms. The first kappa shape index (κ1) is 11.6. The average molecular weight is 243 g/mol. The third-order valence-corrected chi connectivity index (χ3v) is 4.08. The van der Waals surface area contributed by atoms with Crippen LogP contribution in [-0.4, -0.2) is 37.5 Å². The molecule has 0 saturated heterocycles. The van der Waals surface area contributed by atoms with E-state index in [4.69, 9.17) is 0 Å². The summed E-state index contributed by atoms with van der Waals surface area (Å²) in [5, 5.41) is 3.52. The highest BCUT2D eigenvalue weighted by molar-refractivity contribution is 5.81. The third kappa shape index (κ3) is 2.09. The Kier molecular flexibility index (Phi) is 2.77. The van der Waals surface area contributed by atoms with Gasteiger partial charge in [-0.25, -0.2) is 0 Å². The molecule has 1 heterocycles. The molecular weight excluding hydrogens is 222 g/mol. The lowest BCUT2D eigenvalue weighted by Crippen LogP contribution is -2.41. The van der Waals surface area contributed by atoms with Gasteiger partial charge in [-0.05, 0) is 29.4 Å². The zero-order valence-electron chi connectivity index (χ0n) is 11.2. The van der Waals surface area contributed by atoms with Crippen molar-refractivity contribution in [3.05, 3.63) is 35.4 Å². The number of hydrogen-bond donors (Lipinski definition) is 1. The fraction of sp³-hybridized carbons (Fsp3) is 0.533. The van der Waals surface area contributed by atoms with Crippen LogP contribution in [0.4, 0.5) is 0 Å². The van der Waals surface area contributed by atoms with Gasteiger partial charge in [-0.1, -0.05) is 31.2 Å². The SMILES string of the molecule is CN1CCN=C1NCC1(C)Cc2ccccc2C1. The maximum atomic E-state index is 4.49. The number of nitrogens with one attached hydrogen (secondary N) is 1. The smallest absolute Gasteiger partial charge is 0.193 e. The van der Waals surface area contributed by atoms with Gasteiger partial charge in [-0.15, -0.1) is 0 Å². The number of aliphatic imine (C=N–C) groups is 1. The summed E-state index contributed by atoms with van der Waals surface area (Å²) in [5.74, 6) is 1.06. The monoisotopic (exact) mass is 243 g/mol. The number of guanidine groups is 1. The first-order valence-corrected chi connectivity index (χ1v) is 6.73. The Labute approximate surface area is 109 Å². The maximum Gasteiger partial charge on any atom is 0.193 e. The Balaban J connectivity index is 1.64. The molecule has 0 bridgehead atoms. The minimum Gasteiger partial charge on any atom is -0.356 e. The number of hydrogen-bond acceptors (Lipinski definition) is 3. The second-order valence-electron chi connectivity index (χ2n) is 5.91. The Morgan fingerprint density at radius 2 is 1.94 bits per heavy atom. The molecule has 0 spiro atoms. The lowest BCUT2D eigenvalue weighted by molar-refractivity contribution is 0.338. The highest BCUT2D eigenvalue weighted by atomic mass is 15.3. The van der Waals surface area contributed by atoms with Crippen molar-refractivity contribution in [2.45, 2.75) is 19.8 Å². The van der Waals surface area contributed by atoms with E-state index < -0.39 is 0 Å². The third-order valence-electron chi connectivity index (χ3n) is 4.08. The van der Waals surface area contributed by atoms with Gasteiger partial charge < -0.3 is 10.2 Å². The summed E-state index contributed by atoms with van der Waals surface area (Å²) < 4.78 is 0. The summed E-state index contributed by atoms with van der Waals surface area (Å²) in [6.45, 7) is 5.34. The molecule has 0 radical (unpaired) electrons. The Morgan fingerprint density at radius 3 is 2.50 bits per heavy atom. The molecule has 1 aliphatic heterocycles. The highest BCUT2D eigenvalue weighted by Crippen LogP contribution is 2.35. The van der Waals surface area contributed by atoms with Crippen LogP contribution in [0.5, 0.6) is 0 Å². The minimum atomic E-state index is 0.329. The summed E-state index contributed by atoms with van der Waals surface area (Å²) >= 11 is 0. The van der Waals surface area contributed by atoms with Crippen LogP contribution in [0.1, 0.15) is 18.1 Å². The van der Waals surface area contributed by atoms with E-state index in [0.29, 0.717) is 5.41 Å². The highest BCUT2D eigenvalue weighted by Gasteiger charge is 2.33. The van der Waals surface area contributed by atoms with Crippen molar-refractivity contribution in [1.29, 1.82) is 0 Å². The summed E-state index contributed by atoms with van der Waals surface area (Å²) in [7, 11) is 2.10. The van der Waals surface area contributed by atoms with E-state index in [1.54, 1.807) is 0 Å². The van der Waals surface area contributed by atoms with Crippen molar-refractivity contribution in [1.82, 2.24) is 10.2 Å². The molecule has 96 valence electrons. The fourth-order valence-corrected chi connectivity index (χ4v) is 3.03. The van der Waals surface area contributed by atoms with Crippen LogP contribution in [0.15, 0.2) is 29.3 Å². The molecule has 3 nitrogen and oxygen atoms in total. The zero-order chi connectivity index (χ0) is 12.6. The van der Waals surface area contributed by atoms with Gasteiger partial charge in [0.15, 0.2) is 5.96 Å². The van der Waals surface area contributed by atoms with Crippen molar-refractivity contribution in [3.63, 3.8) is 0 Å². The van der Waals surface area contributed by atoms with E-state index in [-0.39, 0.29) is 0 Å². The first-order chi connectivity index (χ1) is 8.66. The largest absolute Gasteiger partial charge is 0.356 e. The molecular formula is C15H21N3. The Bertz CT molecular complexity index is 453. The molecule has 1 N–H and O–H groups in total. The van der Waals surface area contributed by atoms with Gasteiger partial charge in [-0.2, -0.15) is 0 Å². The Hall–Kier alpha value is -1.51. The first-order valence-electron chi connectivity index (χ1n) is 6.73. The van der Waals surface area contributed by atoms with Crippen LogP contribution in [0, 0.1) is 5.41 Å². The van der Waals surface area contributed by atoms with Crippen molar-refractivity contribution in [3.8, 4) is 0 Å².